The maximum atomic E-state index is 13.1. The predicted molar refractivity (Wildman–Crippen MR) is 137 cm³/mol. The molecule has 1 aliphatic heterocycles. The van der Waals surface area contributed by atoms with E-state index in [0.29, 0.717) is 36.0 Å². The Hall–Kier alpha value is -3.89. The highest BCUT2D eigenvalue weighted by molar-refractivity contribution is 7.89. The number of rotatable bonds is 7. The van der Waals surface area contributed by atoms with Crippen LogP contribution >= 0.6 is 0 Å². The zero-order valence-corrected chi connectivity index (χ0v) is 20.7. The van der Waals surface area contributed by atoms with Crippen LogP contribution in [0, 0.1) is 0 Å². The van der Waals surface area contributed by atoms with Crippen molar-refractivity contribution in [2.24, 2.45) is 0 Å². The third kappa shape index (κ3) is 4.52. The molecular weight excluding hydrogens is 480 g/mol. The Labute approximate surface area is 208 Å². The fraction of sp³-hybridized carbons (Fsp3) is 0.231. The maximum Gasteiger partial charge on any atom is 0.241 e. The van der Waals surface area contributed by atoms with Crippen LogP contribution in [0.25, 0.3) is 21.5 Å². The molecule has 0 spiro atoms. The second-order valence-electron chi connectivity index (χ2n) is 8.68. The number of nitrogens with two attached hydrogens (primary N) is 1. The van der Waals surface area contributed by atoms with Gasteiger partial charge in [-0.15, -0.1) is 0 Å². The number of benzene rings is 3. The third-order valence-electron chi connectivity index (χ3n) is 6.40. The van der Waals surface area contributed by atoms with Crippen molar-refractivity contribution in [3.63, 3.8) is 0 Å². The van der Waals surface area contributed by atoms with Crippen LogP contribution in [0.1, 0.15) is 12.1 Å². The molecule has 36 heavy (non-hydrogen) atoms. The molecule has 0 aliphatic carbocycles. The first-order valence-corrected chi connectivity index (χ1v) is 12.9. The van der Waals surface area contributed by atoms with Crippen molar-refractivity contribution in [1.82, 2.24) is 14.6 Å². The van der Waals surface area contributed by atoms with Crippen LogP contribution in [0.15, 0.2) is 65.6 Å². The number of hydrogen-bond acceptors (Lipinski definition) is 7. The summed E-state index contributed by atoms with van der Waals surface area (Å²) in [6, 6.07) is 16.8. The van der Waals surface area contributed by atoms with Crippen LogP contribution in [0.3, 0.4) is 0 Å². The van der Waals surface area contributed by atoms with Gasteiger partial charge in [0.25, 0.3) is 0 Å². The first kappa shape index (κ1) is 23.8. The monoisotopic (exact) mass is 506 g/mol. The predicted octanol–water partition coefficient (Wildman–Crippen LogP) is 3.07. The lowest BCUT2D eigenvalue weighted by Gasteiger charge is -2.18. The normalized spacial score (nSPS) is 16.1. The van der Waals surface area contributed by atoms with Gasteiger partial charge in [-0.05, 0) is 71.1 Å². The van der Waals surface area contributed by atoms with E-state index in [2.05, 4.69) is 9.71 Å². The molecule has 186 valence electrons. The van der Waals surface area contributed by atoms with Crippen molar-refractivity contribution in [2.75, 3.05) is 26.5 Å². The summed E-state index contributed by atoms with van der Waals surface area (Å²) in [5.74, 6) is 1.39. The van der Waals surface area contributed by atoms with Gasteiger partial charge in [0.15, 0.2) is 0 Å². The standard InChI is InChI=1S/C26H26N4O5S/c1-34-20-5-3-16-4-7-22(14-17(16)12-20)36(32,33)29-24-9-10-30(26(24)31)15-19-11-18-13-21(35-2)6-8-23(18)25(27)28-19/h3-8,11-14,24,29H,9-10,15H2,1-2H3,(H2,27,28)/t24-/m0/s1. The van der Waals surface area contributed by atoms with E-state index in [4.69, 9.17) is 15.2 Å². The minimum atomic E-state index is -3.92. The lowest BCUT2D eigenvalue weighted by molar-refractivity contribution is -0.129. The van der Waals surface area contributed by atoms with Crippen molar-refractivity contribution in [3.8, 4) is 11.5 Å². The molecule has 1 atom stereocenters. The molecule has 10 heteroatoms. The van der Waals surface area contributed by atoms with E-state index in [1.807, 2.05) is 36.4 Å². The number of ether oxygens (including phenoxy) is 2. The van der Waals surface area contributed by atoms with E-state index < -0.39 is 16.1 Å². The third-order valence-corrected chi connectivity index (χ3v) is 7.87. The van der Waals surface area contributed by atoms with Crippen LogP contribution in [-0.2, 0) is 21.4 Å². The van der Waals surface area contributed by atoms with Crippen LogP contribution in [-0.4, -0.2) is 51.0 Å². The zero-order valence-electron chi connectivity index (χ0n) is 19.9. The number of methoxy groups -OCH3 is 2. The number of nitrogens with zero attached hydrogens (tertiary/aromatic N) is 2. The molecule has 0 saturated carbocycles. The van der Waals surface area contributed by atoms with Gasteiger partial charge in [-0.25, -0.2) is 13.4 Å². The Morgan fingerprint density at radius 3 is 2.42 bits per heavy atom. The molecule has 0 unspecified atom stereocenters. The van der Waals surface area contributed by atoms with Crippen LogP contribution in [0.4, 0.5) is 5.82 Å². The number of nitrogens with one attached hydrogen (secondary N) is 1. The molecule has 1 fully saturated rings. The Morgan fingerprint density at radius 2 is 1.67 bits per heavy atom. The molecule has 1 aromatic heterocycles. The Balaban J connectivity index is 1.33. The van der Waals surface area contributed by atoms with Gasteiger partial charge in [0.2, 0.25) is 15.9 Å². The number of amides is 1. The minimum absolute atomic E-state index is 0.0902. The molecule has 3 aromatic carbocycles. The van der Waals surface area contributed by atoms with Gasteiger partial charge >= 0.3 is 0 Å². The highest BCUT2D eigenvalue weighted by atomic mass is 32.2. The highest BCUT2D eigenvalue weighted by Crippen LogP contribution is 2.27. The Bertz CT molecular complexity index is 1590. The van der Waals surface area contributed by atoms with Crippen molar-refractivity contribution in [2.45, 2.75) is 23.9 Å². The van der Waals surface area contributed by atoms with E-state index in [-0.39, 0.29) is 17.3 Å². The van der Waals surface area contributed by atoms with Gasteiger partial charge in [0.1, 0.15) is 23.4 Å². The van der Waals surface area contributed by atoms with Crippen LogP contribution in [0.5, 0.6) is 11.5 Å². The molecule has 3 N–H and O–H groups in total. The summed E-state index contributed by atoms with van der Waals surface area (Å²) >= 11 is 0. The number of pyridine rings is 1. The fourth-order valence-electron chi connectivity index (χ4n) is 4.48. The molecule has 1 saturated heterocycles. The quantitative estimate of drug-likeness (QED) is 0.395. The maximum absolute atomic E-state index is 13.1. The summed E-state index contributed by atoms with van der Waals surface area (Å²) in [6.45, 7) is 0.628. The number of aromatic nitrogens is 1. The number of nitrogen functional groups attached to an aromatic ring is 1. The second-order valence-corrected chi connectivity index (χ2v) is 10.4. The first-order valence-electron chi connectivity index (χ1n) is 11.4. The zero-order chi connectivity index (χ0) is 25.4. The van der Waals surface area contributed by atoms with Gasteiger partial charge < -0.3 is 20.1 Å². The first-order chi connectivity index (χ1) is 17.3. The molecule has 9 nitrogen and oxygen atoms in total. The van der Waals surface area contributed by atoms with Crippen molar-refractivity contribution in [3.05, 3.63) is 66.4 Å². The van der Waals surface area contributed by atoms with Gasteiger partial charge in [-0.3, -0.25) is 4.79 Å². The lowest BCUT2D eigenvalue weighted by Crippen LogP contribution is -2.41. The molecule has 0 radical (unpaired) electrons. The van der Waals surface area contributed by atoms with Crippen molar-refractivity contribution >= 4 is 43.3 Å². The Morgan fingerprint density at radius 1 is 0.972 bits per heavy atom. The van der Waals surface area contributed by atoms with Crippen LogP contribution in [0.2, 0.25) is 0 Å². The van der Waals surface area contributed by atoms with E-state index in [1.165, 1.54) is 6.07 Å². The lowest BCUT2D eigenvalue weighted by atomic mass is 10.1. The average molecular weight is 507 g/mol. The SMILES string of the molecule is COc1ccc2ccc(S(=O)(=O)N[C@H]3CCN(Cc4cc5cc(OC)ccc5c(N)n4)C3=O)cc2c1. The van der Waals surface area contributed by atoms with E-state index in [0.717, 1.165) is 21.5 Å². The van der Waals surface area contributed by atoms with Gasteiger partial charge in [0, 0.05) is 11.9 Å². The topological polar surface area (TPSA) is 124 Å². The average Bonchev–Trinajstić information content (AvgIpc) is 3.20. The molecule has 5 rings (SSSR count). The number of anilines is 1. The molecule has 4 aromatic rings. The van der Waals surface area contributed by atoms with E-state index >= 15 is 0 Å². The van der Waals surface area contributed by atoms with E-state index in [1.54, 1.807) is 37.3 Å². The molecular formula is C26H26N4O5S. The Kier molecular flexibility index (Phi) is 6.15. The molecule has 2 heterocycles. The number of likely N-dealkylation sites (tertiary alicyclic amines) is 1. The van der Waals surface area contributed by atoms with Crippen molar-refractivity contribution < 1.29 is 22.7 Å². The number of carbonyl (C=O) groups excluding carboxylic acids is 1. The number of fused-ring (bicyclic) bond motifs is 2. The fourth-order valence-corrected chi connectivity index (χ4v) is 5.74. The van der Waals surface area contributed by atoms with Gasteiger partial charge in [-0.1, -0.05) is 12.1 Å². The van der Waals surface area contributed by atoms with Crippen molar-refractivity contribution in [1.29, 1.82) is 0 Å². The highest BCUT2D eigenvalue weighted by Gasteiger charge is 2.35. The number of carbonyl (C=O) groups is 1. The summed E-state index contributed by atoms with van der Waals surface area (Å²) in [5.41, 5.74) is 6.75. The summed E-state index contributed by atoms with van der Waals surface area (Å²) in [7, 11) is -0.771. The molecule has 1 amide bonds. The van der Waals surface area contributed by atoms with Gasteiger partial charge in [-0.2, -0.15) is 4.72 Å². The molecule has 0 bridgehead atoms. The minimum Gasteiger partial charge on any atom is -0.497 e. The summed E-state index contributed by atoms with van der Waals surface area (Å²) in [4.78, 5) is 19.2. The largest absolute Gasteiger partial charge is 0.497 e. The summed E-state index contributed by atoms with van der Waals surface area (Å²) in [6.07, 6.45) is 0.357. The van der Waals surface area contributed by atoms with Crippen LogP contribution < -0.4 is 19.9 Å². The summed E-state index contributed by atoms with van der Waals surface area (Å²) in [5, 5.41) is 3.27. The second kappa shape index (κ2) is 9.29. The van der Waals surface area contributed by atoms with Gasteiger partial charge in [0.05, 0.1) is 31.4 Å². The summed E-state index contributed by atoms with van der Waals surface area (Å²) < 4.78 is 39.3. The smallest absolute Gasteiger partial charge is 0.241 e. The van der Waals surface area contributed by atoms with E-state index in [9.17, 15) is 13.2 Å². The molecule has 1 aliphatic rings. The number of sulfonamides is 1. The number of hydrogen-bond donors (Lipinski definition) is 2.